The maximum atomic E-state index is 11.4. The summed E-state index contributed by atoms with van der Waals surface area (Å²) in [4.78, 5) is 13.4. The molecule has 0 saturated heterocycles. The second kappa shape index (κ2) is 5.17. The van der Waals surface area contributed by atoms with Gasteiger partial charge in [0.25, 0.3) is 0 Å². The van der Waals surface area contributed by atoms with Crippen molar-refractivity contribution >= 4 is 28.5 Å². The number of alkyl halides is 1. The number of rotatable bonds is 2. The molecule has 0 spiro atoms. The minimum absolute atomic E-state index is 0.278. The predicted molar refractivity (Wildman–Crippen MR) is 63.1 cm³/mol. The van der Waals surface area contributed by atoms with Crippen LogP contribution in [0.15, 0.2) is 0 Å². The first-order valence-corrected chi connectivity index (χ1v) is 6.49. The molecule has 76 valence electrons. The second-order valence-electron chi connectivity index (χ2n) is 4.05. The molecular weight excluding hydrogens is 277 g/mol. The Balaban J connectivity index is 2.39. The van der Waals surface area contributed by atoms with E-state index in [1.54, 1.807) is 0 Å². The van der Waals surface area contributed by atoms with E-state index in [9.17, 15) is 4.79 Å². The third kappa shape index (κ3) is 3.11. The lowest BCUT2D eigenvalue weighted by Crippen LogP contribution is -2.39. The van der Waals surface area contributed by atoms with Gasteiger partial charge in [0.1, 0.15) is 0 Å². The van der Waals surface area contributed by atoms with Crippen LogP contribution in [0, 0.1) is 5.92 Å². The van der Waals surface area contributed by atoms with Crippen molar-refractivity contribution in [1.82, 2.24) is 4.90 Å². The minimum atomic E-state index is 0.278. The second-order valence-corrected chi connectivity index (χ2v) is 4.81. The molecule has 0 heterocycles. The molecule has 1 fully saturated rings. The number of hydrogen-bond acceptors (Lipinski definition) is 1. The summed E-state index contributed by atoms with van der Waals surface area (Å²) in [5, 5.41) is 0. The summed E-state index contributed by atoms with van der Waals surface area (Å²) in [6.07, 6.45) is 4.95. The number of halogens is 1. The molecule has 13 heavy (non-hydrogen) atoms. The Morgan fingerprint density at radius 3 is 2.38 bits per heavy atom. The third-order valence-electron chi connectivity index (χ3n) is 3.04. The highest BCUT2D eigenvalue weighted by molar-refractivity contribution is 14.1. The topological polar surface area (TPSA) is 20.3 Å². The molecule has 0 radical (unpaired) electrons. The van der Waals surface area contributed by atoms with Crippen molar-refractivity contribution in [1.29, 1.82) is 0 Å². The van der Waals surface area contributed by atoms with Crippen molar-refractivity contribution in [3.8, 4) is 0 Å². The van der Waals surface area contributed by atoms with Crippen molar-refractivity contribution in [2.45, 2.75) is 38.6 Å². The highest BCUT2D eigenvalue weighted by Crippen LogP contribution is 2.26. The maximum absolute atomic E-state index is 11.4. The van der Waals surface area contributed by atoms with Crippen LogP contribution in [0.1, 0.15) is 32.6 Å². The van der Waals surface area contributed by atoms with Gasteiger partial charge in [0.05, 0.1) is 4.43 Å². The molecule has 1 amide bonds. The van der Waals surface area contributed by atoms with Crippen molar-refractivity contribution in [2.24, 2.45) is 5.92 Å². The van der Waals surface area contributed by atoms with Crippen LogP contribution < -0.4 is 0 Å². The molecule has 1 rings (SSSR count). The number of amides is 1. The number of nitrogens with zero attached hydrogens (tertiary/aromatic N) is 1. The van der Waals surface area contributed by atoms with Crippen LogP contribution in [-0.2, 0) is 4.79 Å². The van der Waals surface area contributed by atoms with Gasteiger partial charge in [0, 0.05) is 13.1 Å². The van der Waals surface area contributed by atoms with E-state index in [-0.39, 0.29) is 5.91 Å². The fourth-order valence-corrected chi connectivity index (χ4v) is 2.47. The number of carbonyl (C=O) groups is 1. The zero-order valence-electron chi connectivity index (χ0n) is 8.42. The van der Waals surface area contributed by atoms with Crippen molar-refractivity contribution in [3.63, 3.8) is 0 Å². The molecule has 0 aliphatic heterocycles. The van der Waals surface area contributed by atoms with Crippen LogP contribution in [0.3, 0.4) is 0 Å². The van der Waals surface area contributed by atoms with Crippen LogP contribution in [-0.4, -0.2) is 28.3 Å². The van der Waals surface area contributed by atoms with Crippen molar-refractivity contribution < 1.29 is 4.79 Å². The lowest BCUT2D eigenvalue weighted by Gasteiger charge is -2.33. The Morgan fingerprint density at radius 1 is 1.38 bits per heavy atom. The molecule has 1 aliphatic rings. The van der Waals surface area contributed by atoms with E-state index in [1.807, 2.05) is 11.9 Å². The Hall–Kier alpha value is 0.200. The summed E-state index contributed by atoms with van der Waals surface area (Å²) in [5.74, 6) is 1.14. The molecule has 3 heteroatoms. The summed E-state index contributed by atoms with van der Waals surface area (Å²) in [6.45, 7) is 2.30. The first kappa shape index (κ1) is 11.3. The van der Waals surface area contributed by atoms with E-state index in [4.69, 9.17) is 0 Å². The molecule has 0 aromatic rings. The van der Waals surface area contributed by atoms with Gasteiger partial charge in [-0.2, -0.15) is 0 Å². The van der Waals surface area contributed by atoms with E-state index in [0.29, 0.717) is 10.5 Å². The summed E-state index contributed by atoms with van der Waals surface area (Å²) in [5.41, 5.74) is 0. The Morgan fingerprint density at radius 2 is 1.92 bits per heavy atom. The highest BCUT2D eigenvalue weighted by Gasteiger charge is 2.23. The summed E-state index contributed by atoms with van der Waals surface area (Å²) in [7, 11) is 1.95. The quantitative estimate of drug-likeness (QED) is 0.566. The molecule has 0 aromatic heterocycles. The zero-order valence-corrected chi connectivity index (χ0v) is 10.6. The average molecular weight is 295 g/mol. The van der Waals surface area contributed by atoms with Crippen LogP contribution in [0.4, 0.5) is 0 Å². The van der Waals surface area contributed by atoms with E-state index in [2.05, 4.69) is 29.5 Å². The molecule has 1 aliphatic carbocycles. The highest BCUT2D eigenvalue weighted by atomic mass is 127. The van der Waals surface area contributed by atoms with Crippen LogP contribution in [0.5, 0.6) is 0 Å². The van der Waals surface area contributed by atoms with Gasteiger partial charge in [-0.25, -0.2) is 0 Å². The van der Waals surface area contributed by atoms with Gasteiger partial charge in [-0.05, 0) is 31.6 Å². The molecule has 0 atom stereocenters. The van der Waals surface area contributed by atoms with Crippen molar-refractivity contribution in [2.75, 3.05) is 11.5 Å². The standard InChI is InChI=1S/C10H18INO/c1-8-3-5-9(6-4-8)12(2)10(13)7-11/h8-9H,3-7H2,1-2H3. The summed E-state index contributed by atoms with van der Waals surface area (Å²) in [6, 6.07) is 0.512. The largest absolute Gasteiger partial charge is 0.342 e. The van der Waals surface area contributed by atoms with Gasteiger partial charge in [-0.3, -0.25) is 4.79 Å². The molecular formula is C10H18INO. The predicted octanol–water partition coefficient (Wildman–Crippen LogP) is 2.46. The normalized spacial score (nSPS) is 28.5. The fourth-order valence-electron chi connectivity index (χ4n) is 1.93. The number of carbonyl (C=O) groups excluding carboxylic acids is 1. The van der Waals surface area contributed by atoms with Gasteiger partial charge in [0.15, 0.2) is 0 Å². The van der Waals surface area contributed by atoms with Gasteiger partial charge >= 0.3 is 0 Å². The van der Waals surface area contributed by atoms with Gasteiger partial charge in [0.2, 0.25) is 5.91 Å². The SMILES string of the molecule is CC1CCC(N(C)C(=O)CI)CC1. The van der Waals surface area contributed by atoms with E-state index >= 15 is 0 Å². The monoisotopic (exact) mass is 295 g/mol. The lowest BCUT2D eigenvalue weighted by atomic mass is 9.87. The van der Waals surface area contributed by atoms with Gasteiger partial charge in [-0.1, -0.05) is 29.5 Å². The first-order valence-electron chi connectivity index (χ1n) is 4.96. The van der Waals surface area contributed by atoms with Gasteiger partial charge in [-0.15, -0.1) is 0 Å². The molecule has 0 aromatic carbocycles. The van der Waals surface area contributed by atoms with Crippen LogP contribution in [0.2, 0.25) is 0 Å². The van der Waals surface area contributed by atoms with Gasteiger partial charge < -0.3 is 4.90 Å². The smallest absolute Gasteiger partial charge is 0.232 e. The average Bonchev–Trinajstić information content (AvgIpc) is 2.17. The zero-order chi connectivity index (χ0) is 9.84. The summed E-state index contributed by atoms with van der Waals surface area (Å²) >= 11 is 2.14. The Bertz CT molecular complexity index is 176. The molecule has 0 N–H and O–H groups in total. The van der Waals surface area contributed by atoms with E-state index < -0.39 is 0 Å². The molecule has 2 nitrogen and oxygen atoms in total. The van der Waals surface area contributed by atoms with E-state index in [1.165, 1.54) is 25.7 Å². The number of hydrogen-bond donors (Lipinski definition) is 0. The molecule has 0 unspecified atom stereocenters. The first-order chi connectivity index (χ1) is 6.15. The van der Waals surface area contributed by atoms with Crippen molar-refractivity contribution in [3.05, 3.63) is 0 Å². The fraction of sp³-hybridized carbons (Fsp3) is 0.900. The van der Waals surface area contributed by atoms with Crippen LogP contribution in [0.25, 0.3) is 0 Å². The third-order valence-corrected chi connectivity index (χ3v) is 3.69. The Labute approximate surface area is 94.2 Å². The minimum Gasteiger partial charge on any atom is -0.342 e. The lowest BCUT2D eigenvalue weighted by molar-refractivity contribution is -0.129. The maximum Gasteiger partial charge on any atom is 0.232 e. The molecule has 1 saturated carbocycles. The van der Waals surface area contributed by atoms with E-state index in [0.717, 1.165) is 5.92 Å². The molecule has 0 bridgehead atoms. The summed E-state index contributed by atoms with van der Waals surface area (Å²) < 4.78 is 0.611. The van der Waals surface area contributed by atoms with Crippen LogP contribution >= 0.6 is 22.6 Å². The Kier molecular flexibility index (Phi) is 4.49.